The molecule has 0 saturated heterocycles. The highest BCUT2D eigenvalue weighted by atomic mass is 16.2. The number of aromatic nitrogens is 2. The molecule has 1 atom stereocenters. The van der Waals surface area contributed by atoms with Crippen LogP contribution in [0.3, 0.4) is 0 Å². The van der Waals surface area contributed by atoms with Gasteiger partial charge in [0.05, 0.1) is 23.2 Å². The number of hydrogen-bond donors (Lipinski definition) is 1. The zero-order valence-electron chi connectivity index (χ0n) is 22.6. The molecule has 0 fully saturated rings. The van der Waals surface area contributed by atoms with Crippen molar-refractivity contribution in [3.05, 3.63) is 87.0 Å². The molecule has 1 unspecified atom stereocenters. The number of nitrogens with zero attached hydrogens (tertiary/aromatic N) is 3. The van der Waals surface area contributed by atoms with Crippen molar-refractivity contribution in [2.75, 3.05) is 11.9 Å². The number of benzene rings is 2. The average molecular weight is 521 g/mol. The van der Waals surface area contributed by atoms with E-state index in [4.69, 9.17) is 0 Å². The number of hydrogen-bond acceptors (Lipinski definition) is 4. The molecule has 2 aromatic heterocycles. The molecule has 7 rings (SSSR count). The van der Waals surface area contributed by atoms with Crippen LogP contribution in [0.5, 0.6) is 0 Å². The molecule has 1 N–H and O–H groups in total. The molecule has 198 valence electrons. The van der Waals surface area contributed by atoms with E-state index in [1.54, 1.807) is 0 Å². The number of para-hydroxylation sites is 1. The fourth-order valence-electron chi connectivity index (χ4n) is 6.77. The topological polar surface area (TPSA) is 76.3 Å². The Balaban J connectivity index is 1.54. The number of rotatable bonds is 4. The van der Waals surface area contributed by atoms with Gasteiger partial charge in [-0.25, -0.2) is 0 Å². The lowest BCUT2D eigenvalue weighted by atomic mass is 9.84. The van der Waals surface area contributed by atoms with Gasteiger partial charge in [-0.2, -0.15) is 0 Å². The largest absolute Gasteiger partial charge is 0.356 e. The van der Waals surface area contributed by atoms with Crippen molar-refractivity contribution < 1.29 is 9.59 Å². The lowest BCUT2D eigenvalue weighted by Gasteiger charge is -2.24. The molecule has 0 bridgehead atoms. The molecule has 2 aromatic carbocycles. The van der Waals surface area contributed by atoms with E-state index in [1.165, 1.54) is 17.4 Å². The summed E-state index contributed by atoms with van der Waals surface area (Å²) in [5.41, 5.74) is 6.86. The van der Waals surface area contributed by atoms with Gasteiger partial charge in [-0.05, 0) is 59.9 Å². The fraction of sp³-hybridized carbons (Fsp3) is 0.344. The Labute approximate surface area is 226 Å². The first-order valence-corrected chi connectivity index (χ1v) is 13.9. The molecule has 0 spiro atoms. The van der Waals surface area contributed by atoms with Gasteiger partial charge in [0, 0.05) is 54.5 Å². The van der Waals surface area contributed by atoms with Gasteiger partial charge < -0.3 is 14.5 Å². The number of carbonyl (C=O) groups is 2. The summed E-state index contributed by atoms with van der Waals surface area (Å²) in [5.74, 6) is -0.658. The first-order valence-electron chi connectivity index (χ1n) is 13.9. The molecule has 5 heterocycles. The van der Waals surface area contributed by atoms with E-state index in [9.17, 15) is 14.4 Å². The molecule has 3 aliphatic rings. The molecule has 7 nitrogen and oxygen atoms in total. The van der Waals surface area contributed by atoms with E-state index in [-0.39, 0.29) is 23.9 Å². The standard InChI is InChI=1S/C32H32N4O3/c1-18(2)12-14-34-16-23-27(22-15-21-8-4-7-20-9-6-13-35(30(20)21)31(22)38)29-25(17-36(19(3)37)32(29)39)33-24-10-5-11-26(34)28(23)24/h4-5,7-8,10-11,15-16,18,27,33H,6,9,12-14,17H2,1-3H3. The Morgan fingerprint density at radius 3 is 2.72 bits per heavy atom. The van der Waals surface area contributed by atoms with Crippen molar-refractivity contribution in [2.24, 2.45) is 5.92 Å². The zero-order chi connectivity index (χ0) is 27.0. The molecular weight excluding hydrogens is 488 g/mol. The molecule has 7 heteroatoms. The number of pyridine rings is 1. The Hall–Kier alpha value is -4.13. The smallest absolute Gasteiger partial charge is 0.259 e. The molecule has 3 aliphatic heterocycles. The van der Waals surface area contributed by atoms with E-state index in [1.807, 2.05) is 22.8 Å². The SMILES string of the molecule is CC(=O)N1CC2=C(C1=O)C(c1cc3cccc4c3n(c1=O)CCC4)c1cn(CCC(C)C)c3cccc(c13)N2. The van der Waals surface area contributed by atoms with Crippen LogP contribution in [0.1, 0.15) is 56.2 Å². The summed E-state index contributed by atoms with van der Waals surface area (Å²) in [5, 5.41) is 5.58. The van der Waals surface area contributed by atoms with Gasteiger partial charge in [0.1, 0.15) is 0 Å². The van der Waals surface area contributed by atoms with E-state index < -0.39 is 5.92 Å². The number of carbonyl (C=O) groups excluding carboxylic acids is 2. The summed E-state index contributed by atoms with van der Waals surface area (Å²) in [6.45, 7) is 7.53. The Bertz CT molecular complexity index is 1810. The van der Waals surface area contributed by atoms with Crippen LogP contribution >= 0.6 is 0 Å². The second-order valence-electron chi connectivity index (χ2n) is 11.5. The Morgan fingerprint density at radius 1 is 1.10 bits per heavy atom. The minimum atomic E-state index is -0.581. The van der Waals surface area contributed by atoms with Gasteiger partial charge in [0.2, 0.25) is 5.91 Å². The normalized spacial score (nSPS) is 18.2. The van der Waals surface area contributed by atoms with E-state index in [0.717, 1.165) is 58.9 Å². The number of amides is 2. The first kappa shape index (κ1) is 23.9. The van der Waals surface area contributed by atoms with Crippen LogP contribution in [0.25, 0.3) is 21.8 Å². The minimum Gasteiger partial charge on any atom is -0.356 e. The fourth-order valence-corrected chi connectivity index (χ4v) is 6.77. The summed E-state index contributed by atoms with van der Waals surface area (Å²) >= 11 is 0. The summed E-state index contributed by atoms with van der Waals surface area (Å²) < 4.78 is 4.17. The van der Waals surface area contributed by atoms with Crippen molar-refractivity contribution >= 4 is 39.3 Å². The van der Waals surface area contributed by atoms with Crippen LogP contribution in [0, 0.1) is 5.92 Å². The summed E-state index contributed by atoms with van der Waals surface area (Å²) in [6.07, 6.45) is 5.02. The summed E-state index contributed by atoms with van der Waals surface area (Å²) in [7, 11) is 0. The van der Waals surface area contributed by atoms with Crippen molar-refractivity contribution in [3.8, 4) is 0 Å². The molecular formula is C32H32N4O3. The maximum Gasteiger partial charge on any atom is 0.259 e. The Kier molecular flexibility index (Phi) is 5.34. The minimum absolute atomic E-state index is 0.0527. The lowest BCUT2D eigenvalue weighted by molar-refractivity contribution is -0.139. The predicted molar refractivity (Wildman–Crippen MR) is 153 cm³/mol. The van der Waals surface area contributed by atoms with Crippen LogP contribution in [0.15, 0.2) is 64.7 Å². The highest BCUT2D eigenvalue weighted by Gasteiger charge is 2.43. The van der Waals surface area contributed by atoms with Gasteiger partial charge in [-0.3, -0.25) is 19.3 Å². The van der Waals surface area contributed by atoms with Crippen LogP contribution in [0.2, 0.25) is 0 Å². The van der Waals surface area contributed by atoms with Crippen LogP contribution in [0.4, 0.5) is 5.69 Å². The maximum atomic E-state index is 14.3. The second kappa shape index (κ2) is 8.70. The zero-order valence-corrected chi connectivity index (χ0v) is 22.6. The summed E-state index contributed by atoms with van der Waals surface area (Å²) in [4.78, 5) is 42.0. The highest BCUT2D eigenvalue weighted by molar-refractivity contribution is 6.11. The summed E-state index contributed by atoms with van der Waals surface area (Å²) in [6, 6.07) is 14.4. The second-order valence-corrected chi connectivity index (χ2v) is 11.5. The molecule has 0 saturated carbocycles. The average Bonchev–Trinajstić information content (AvgIpc) is 3.40. The first-order chi connectivity index (χ1) is 18.8. The molecule has 0 aliphatic carbocycles. The number of nitrogens with one attached hydrogen (secondary N) is 1. The highest BCUT2D eigenvalue weighted by Crippen LogP contribution is 2.46. The van der Waals surface area contributed by atoms with E-state index in [0.29, 0.717) is 29.3 Å². The van der Waals surface area contributed by atoms with Crippen molar-refractivity contribution in [2.45, 2.75) is 59.0 Å². The van der Waals surface area contributed by atoms with E-state index in [2.05, 4.69) is 54.2 Å². The van der Waals surface area contributed by atoms with Crippen LogP contribution in [-0.2, 0) is 29.1 Å². The Morgan fingerprint density at radius 2 is 1.92 bits per heavy atom. The van der Waals surface area contributed by atoms with Gasteiger partial charge in [0.15, 0.2) is 0 Å². The molecule has 4 aromatic rings. The quantitative estimate of drug-likeness (QED) is 0.404. The predicted octanol–water partition coefficient (Wildman–Crippen LogP) is 5.15. The number of aryl methyl sites for hydroxylation is 3. The third kappa shape index (κ3) is 3.52. The van der Waals surface area contributed by atoms with Gasteiger partial charge in [-0.15, -0.1) is 0 Å². The molecule has 39 heavy (non-hydrogen) atoms. The maximum absolute atomic E-state index is 14.3. The van der Waals surface area contributed by atoms with E-state index >= 15 is 0 Å². The number of imide groups is 1. The van der Waals surface area contributed by atoms with Crippen molar-refractivity contribution in [3.63, 3.8) is 0 Å². The third-order valence-corrected chi connectivity index (χ3v) is 8.63. The monoisotopic (exact) mass is 520 g/mol. The van der Waals surface area contributed by atoms with Gasteiger partial charge in [-0.1, -0.05) is 38.1 Å². The van der Waals surface area contributed by atoms with Crippen LogP contribution < -0.4 is 10.9 Å². The lowest BCUT2D eigenvalue weighted by Crippen LogP contribution is -2.34. The van der Waals surface area contributed by atoms with Crippen LogP contribution in [-0.4, -0.2) is 32.4 Å². The molecule has 0 radical (unpaired) electrons. The number of anilines is 1. The van der Waals surface area contributed by atoms with Crippen molar-refractivity contribution in [1.29, 1.82) is 0 Å². The third-order valence-electron chi connectivity index (χ3n) is 8.63. The van der Waals surface area contributed by atoms with Gasteiger partial charge in [0.25, 0.3) is 11.5 Å². The van der Waals surface area contributed by atoms with Gasteiger partial charge >= 0.3 is 0 Å². The van der Waals surface area contributed by atoms with Crippen molar-refractivity contribution in [1.82, 2.24) is 14.0 Å². The molecule has 2 amide bonds.